The zero-order chi connectivity index (χ0) is 18.7. The summed E-state index contributed by atoms with van der Waals surface area (Å²) in [6.07, 6.45) is 0. The first-order valence-electron chi connectivity index (χ1n) is 8.43. The van der Waals surface area contributed by atoms with Gasteiger partial charge in [-0.25, -0.2) is 0 Å². The molecule has 0 aliphatic heterocycles. The molecule has 1 N–H and O–H groups in total. The SMILES string of the molecule is Cc1cccc(-c2cc(C)c(C#N)c(=O)n2Cc2ccc(CO)cc2)c1. The second-order valence-electron chi connectivity index (χ2n) is 6.43. The Morgan fingerprint density at radius 1 is 1.04 bits per heavy atom. The summed E-state index contributed by atoms with van der Waals surface area (Å²) >= 11 is 0. The highest BCUT2D eigenvalue weighted by atomic mass is 16.3. The van der Waals surface area contributed by atoms with E-state index in [1.165, 1.54) is 0 Å². The Balaban J connectivity index is 2.17. The Hall–Kier alpha value is -3.16. The molecule has 1 aromatic heterocycles. The molecule has 4 heteroatoms. The highest BCUT2D eigenvalue weighted by Gasteiger charge is 2.14. The van der Waals surface area contributed by atoms with Crippen LogP contribution in [0.4, 0.5) is 0 Å². The maximum atomic E-state index is 12.9. The number of benzene rings is 2. The van der Waals surface area contributed by atoms with Gasteiger partial charge in [0.25, 0.3) is 5.56 Å². The Kier molecular flexibility index (Phi) is 5.01. The molecular weight excluding hydrogens is 324 g/mol. The van der Waals surface area contributed by atoms with Gasteiger partial charge >= 0.3 is 0 Å². The average Bonchev–Trinajstić information content (AvgIpc) is 2.64. The van der Waals surface area contributed by atoms with Crippen LogP contribution in [0, 0.1) is 25.2 Å². The second kappa shape index (κ2) is 7.38. The zero-order valence-electron chi connectivity index (χ0n) is 14.9. The molecule has 1 heterocycles. The smallest absolute Gasteiger partial charge is 0.269 e. The van der Waals surface area contributed by atoms with Gasteiger partial charge in [0.05, 0.1) is 18.8 Å². The Morgan fingerprint density at radius 3 is 2.35 bits per heavy atom. The second-order valence-corrected chi connectivity index (χ2v) is 6.43. The van der Waals surface area contributed by atoms with Gasteiger partial charge < -0.3 is 9.67 Å². The average molecular weight is 344 g/mol. The lowest BCUT2D eigenvalue weighted by molar-refractivity contribution is 0.282. The maximum Gasteiger partial charge on any atom is 0.269 e. The zero-order valence-corrected chi connectivity index (χ0v) is 14.9. The van der Waals surface area contributed by atoms with E-state index < -0.39 is 0 Å². The van der Waals surface area contributed by atoms with Gasteiger partial charge in [-0.15, -0.1) is 0 Å². The molecule has 26 heavy (non-hydrogen) atoms. The van der Waals surface area contributed by atoms with E-state index in [9.17, 15) is 15.2 Å². The first kappa shape index (κ1) is 17.7. The number of rotatable bonds is 4. The molecular formula is C22H20N2O2. The topological polar surface area (TPSA) is 66.0 Å². The molecule has 0 saturated heterocycles. The summed E-state index contributed by atoms with van der Waals surface area (Å²) in [6, 6.07) is 19.4. The largest absolute Gasteiger partial charge is 0.392 e. The van der Waals surface area contributed by atoms with Gasteiger partial charge in [0.15, 0.2) is 0 Å². The summed E-state index contributed by atoms with van der Waals surface area (Å²) in [5.74, 6) is 0. The van der Waals surface area contributed by atoms with E-state index >= 15 is 0 Å². The van der Waals surface area contributed by atoms with Gasteiger partial charge in [-0.3, -0.25) is 4.79 Å². The van der Waals surface area contributed by atoms with E-state index in [1.54, 1.807) is 11.5 Å². The third kappa shape index (κ3) is 3.44. The van der Waals surface area contributed by atoms with Crippen LogP contribution >= 0.6 is 0 Å². The number of aromatic nitrogens is 1. The number of nitriles is 1. The van der Waals surface area contributed by atoms with Gasteiger partial charge in [0, 0.05) is 0 Å². The molecule has 0 fully saturated rings. The van der Waals surface area contributed by atoms with Crippen LogP contribution in [0.25, 0.3) is 11.3 Å². The van der Waals surface area contributed by atoms with Gasteiger partial charge in [-0.05, 0) is 48.2 Å². The number of aliphatic hydroxyl groups is 1. The van der Waals surface area contributed by atoms with Crippen LogP contribution in [0.3, 0.4) is 0 Å². The number of hydrogen-bond donors (Lipinski definition) is 1. The van der Waals surface area contributed by atoms with Crippen molar-refractivity contribution in [3.05, 3.63) is 92.8 Å². The predicted molar refractivity (Wildman–Crippen MR) is 102 cm³/mol. The first-order valence-corrected chi connectivity index (χ1v) is 8.43. The highest BCUT2D eigenvalue weighted by molar-refractivity contribution is 5.63. The lowest BCUT2D eigenvalue weighted by atomic mass is 10.0. The number of pyridine rings is 1. The van der Waals surface area contributed by atoms with Crippen LogP contribution in [-0.2, 0) is 13.2 Å². The monoisotopic (exact) mass is 344 g/mol. The minimum absolute atomic E-state index is 0.0160. The Bertz CT molecular complexity index is 1040. The van der Waals surface area contributed by atoms with Crippen molar-refractivity contribution in [3.63, 3.8) is 0 Å². The summed E-state index contributed by atoms with van der Waals surface area (Å²) in [6.45, 7) is 4.15. The van der Waals surface area contributed by atoms with E-state index in [4.69, 9.17) is 0 Å². The van der Waals surface area contributed by atoms with Crippen molar-refractivity contribution in [2.45, 2.75) is 27.0 Å². The van der Waals surface area contributed by atoms with Crippen molar-refractivity contribution in [1.82, 2.24) is 4.57 Å². The predicted octanol–water partition coefficient (Wildman–Crippen LogP) is 3.54. The van der Waals surface area contributed by atoms with Crippen molar-refractivity contribution in [1.29, 1.82) is 5.26 Å². The fraction of sp³-hybridized carbons (Fsp3) is 0.182. The third-order valence-corrected chi connectivity index (χ3v) is 4.47. The molecule has 0 amide bonds. The summed E-state index contributed by atoms with van der Waals surface area (Å²) in [4.78, 5) is 12.9. The van der Waals surface area contributed by atoms with Crippen molar-refractivity contribution in [3.8, 4) is 17.3 Å². The highest BCUT2D eigenvalue weighted by Crippen LogP contribution is 2.22. The molecule has 3 rings (SSSR count). The Morgan fingerprint density at radius 2 is 1.73 bits per heavy atom. The molecule has 0 saturated carbocycles. The minimum Gasteiger partial charge on any atom is -0.392 e. The van der Waals surface area contributed by atoms with Crippen molar-refractivity contribution < 1.29 is 5.11 Å². The van der Waals surface area contributed by atoms with E-state index in [1.807, 2.05) is 67.6 Å². The summed E-state index contributed by atoms with van der Waals surface area (Å²) < 4.78 is 1.65. The number of hydrogen-bond acceptors (Lipinski definition) is 3. The fourth-order valence-electron chi connectivity index (χ4n) is 3.04. The number of aliphatic hydroxyl groups excluding tert-OH is 1. The molecule has 0 unspecified atom stereocenters. The number of nitrogens with zero attached hydrogens (tertiary/aromatic N) is 2. The maximum absolute atomic E-state index is 12.9. The van der Waals surface area contributed by atoms with E-state index in [0.717, 1.165) is 27.9 Å². The standard InChI is InChI=1S/C22H20N2O2/c1-15-4-3-5-19(10-15)21-11-16(2)20(12-23)22(26)24(21)13-17-6-8-18(14-25)9-7-17/h3-11,25H,13-14H2,1-2H3. The molecule has 0 atom stereocenters. The van der Waals surface area contributed by atoms with Crippen molar-refractivity contribution >= 4 is 0 Å². The lowest BCUT2D eigenvalue weighted by Crippen LogP contribution is -2.26. The van der Waals surface area contributed by atoms with Gasteiger partial charge in [0.2, 0.25) is 0 Å². The molecule has 0 aliphatic carbocycles. The normalized spacial score (nSPS) is 10.5. The summed E-state index contributed by atoms with van der Waals surface area (Å²) in [7, 11) is 0. The molecule has 0 aliphatic rings. The summed E-state index contributed by atoms with van der Waals surface area (Å²) in [5.41, 5.74) is 5.18. The van der Waals surface area contributed by atoms with Gasteiger partial charge in [-0.2, -0.15) is 5.26 Å². The van der Waals surface area contributed by atoms with Crippen LogP contribution in [0.1, 0.15) is 27.8 Å². The molecule has 0 radical (unpaired) electrons. The third-order valence-electron chi connectivity index (χ3n) is 4.47. The molecule has 2 aromatic carbocycles. The Labute approximate surface area is 152 Å². The van der Waals surface area contributed by atoms with Crippen LogP contribution in [0.2, 0.25) is 0 Å². The van der Waals surface area contributed by atoms with E-state index in [-0.39, 0.29) is 17.7 Å². The van der Waals surface area contributed by atoms with Crippen LogP contribution in [0.15, 0.2) is 59.4 Å². The van der Waals surface area contributed by atoms with E-state index in [2.05, 4.69) is 0 Å². The van der Waals surface area contributed by atoms with Gasteiger partial charge in [0.1, 0.15) is 11.6 Å². The molecule has 0 bridgehead atoms. The molecule has 0 spiro atoms. The van der Waals surface area contributed by atoms with Crippen molar-refractivity contribution in [2.75, 3.05) is 0 Å². The fourth-order valence-corrected chi connectivity index (χ4v) is 3.04. The lowest BCUT2D eigenvalue weighted by Gasteiger charge is -2.16. The molecule has 130 valence electrons. The van der Waals surface area contributed by atoms with Crippen LogP contribution in [-0.4, -0.2) is 9.67 Å². The first-order chi connectivity index (χ1) is 12.5. The van der Waals surface area contributed by atoms with Gasteiger partial charge in [-0.1, -0.05) is 48.0 Å². The van der Waals surface area contributed by atoms with Crippen LogP contribution in [0.5, 0.6) is 0 Å². The minimum atomic E-state index is -0.282. The van der Waals surface area contributed by atoms with E-state index in [0.29, 0.717) is 12.1 Å². The molecule has 3 aromatic rings. The summed E-state index contributed by atoms with van der Waals surface area (Å²) in [5, 5.41) is 18.6. The van der Waals surface area contributed by atoms with Crippen molar-refractivity contribution in [2.24, 2.45) is 0 Å². The van der Waals surface area contributed by atoms with Crippen LogP contribution < -0.4 is 5.56 Å². The molecule has 4 nitrogen and oxygen atoms in total. The number of aryl methyl sites for hydroxylation is 2. The quantitative estimate of drug-likeness (QED) is 0.787.